The predicted octanol–water partition coefficient (Wildman–Crippen LogP) is 1.46. The predicted molar refractivity (Wildman–Crippen MR) is 65.0 cm³/mol. The van der Waals surface area contributed by atoms with Crippen LogP contribution < -0.4 is 5.32 Å². The molecule has 3 atom stereocenters. The second-order valence-electron chi connectivity index (χ2n) is 4.95. The van der Waals surface area contributed by atoms with Crippen LogP contribution in [0.2, 0.25) is 0 Å². The molecule has 0 aliphatic carbocycles. The lowest BCUT2D eigenvalue weighted by Gasteiger charge is -2.14. The van der Waals surface area contributed by atoms with E-state index < -0.39 is 0 Å². The van der Waals surface area contributed by atoms with Gasteiger partial charge in [-0.1, -0.05) is 19.0 Å². The number of rotatable bonds is 5. The van der Waals surface area contributed by atoms with Gasteiger partial charge in [-0.15, -0.1) is 0 Å². The van der Waals surface area contributed by atoms with Crippen molar-refractivity contribution in [1.29, 1.82) is 0 Å². The first-order valence-electron chi connectivity index (χ1n) is 6.28. The monoisotopic (exact) mass is 255 g/mol. The summed E-state index contributed by atoms with van der Waals surface area (Å²) < 4.78 is 16.0. The number of nitrogens with one attached hydrogen (secondary N) is 1. The van der Waals surface area contributed by atoms with Gasteiger partial charge in [0.05, 0.1) is 12.1 Å². The van der Waals surface area contributed by atoms with Crippen LogP contribution in [0, 0.1) is 5.92 Å². The molecule has 6 heteroatoms. The Morgan fingerprint density at radius 3 is 2.72 bits per heavy atom. The van der Waals surface area contributed by atoms with Crippen LogP contribution in [0.4, 0.5) is 0 Å². The fourth-order valence-electron chi connectivity index (χ4n) is 2.25. The van der Waals surface area contributed by atoms with E-state index in [0.717, 1.165) is 13.0 Å². The van der Waals surface area contributed by atoms with Crippen LogP contribution in [0.3, 0.4) is 0 Å². The van der Waals surface area contributed by atoms with E-state index in [4.69, 9.17) is 14.0 Å². The topological polar surface area (TPSA) is 69.4 Å². The van der Waals surface area contributed by atoms with Gasteiger partial charge < -0.3 is 19.3 Å². The number of hydrogen-bond donors (Lipinski definition) is 1. The van der Waals surface area contributed by atoms with Gasteiger partial charge in [0, 0.05) is 20.8 Å². The molecule has 2 heterocycles. The standard InChI is InChI=1S/C12H21N3O3/c1-7(2)10(17-4)11-14-12(18-15-11)9-5-8(16-3)6-13-9/h7-10,13H,5-6H2,1-4H3/t8-,9+,10?/m0/s1. The van der Waals surface area contributed by atoms with E-state index in [2.05, 4.69) is 29.3 Å². The summed E-state index contributed by atoms with van der Waals surface area (Å²) in [6.07, 6.45) is 0.952. The lowest BCUT2D eigenvalue weighted by atomic mass is 10.1. The number of nitrogens with zero attached hydrogens (tertiary/aromatic N) is 2. The van der Waals surface area contributed by atoms with Gasteiger partial charge in [0.1, 0.15) is 6.10 Å². The van der Waals surface area contributed by atoms with Gasteiger partial charge in [0.15, 0.2) is 0 Å². The maximum Gasteiger partial charge on any atom is 0.243 e. The lowest BCUT2D eigenvalue weighted by Crippen LogP contribution is -2.16. The molecule has 1 aromatic heterocycles. The van der Waals surface area contributed by atoms with Crippen LogP contribution in [0.5, 0.6) is 0 Å². The maximum atomic E-state index is 5.39. The average Bonchev–Trinajstić information content (AvgIpc) is 2.96. The SMILES string of the molecule is COC(c1noc([C@H]2C[C@H](OC)CN2)n1)C(C)C. The summed E-state index contributed by atoms with van der Waals surface area (Å²) >= 11 is 0. The zero-order valence-corrected chi connectivity index (χ0v) is 11.3. The zero-order valence-electron chi connectivity index (χ0n) is 11.3. The van der Waals surface area contributed by atoms with Crippen LogP contribution in [-0.4, -0.2) is 37.0 Å². The van der Waals surface area contributed by atoms with Crippen LogP contribution in [0.1, 0.15) is 44.1 Å². The van der Waals surface area contributed by atoms with Crippen molar-refractivity contribution in [1.82, 2.24) is 15.5 Å². The lowest BCUT2D eigenvalue weighted by molar-refractivity contribution is 0.0555. The van der Waals surface area contributed by atoms with Crippen LogP contribution in [-0.2, 0) is 9.47 Å². The molecule has 102 valence electrons. The smallest absolute Gasteiger partial charge is 0.243 e. The van der Waals surface area contributed by atoms with Crippen LogP contribution in [0.15, 0.2) is 4.52 Å². The van der Waals surface area contributed by atoms with Gasteiger partial charge in [-0.25, -0.2) is 0 Å². The fraction of sp³-hybridized carbons (Fsp3) is 0.833. The molecule has 1 aromatic rings. The minimum absolute atomic E-state index is 0.0841. The molecule has 1 unspecified atom stereocenters. The van der Waals surface area contributed by atoms with Crippen molar-refractivity contribution in [3.8, 4) is 0 Å². The molecule has 0 radical (unpaired) electrons. The van der Waals surface area contributed by atoms with Crippen molar-refractivity contribution in [2.75, 3.05) is 20.8 Å². The molecule has 1 fully saturated rings. The normalized spacial score (nSPS) is 25.8. The summed E-state index contributed by atoms with van der Waals surface area (Å²) in [4.78, 5) is 4.43. The van der Waals surface area contributed by atoms with Gasteiger partial charge >= 0.3 is 0 Å². The Hall–Kier alpha value is -0.980. The third-order valence-corrected chi connectivity index (χ3v) is 3.29. The summed E-state index contributed by atoms with van der Waals surface area (Å²) in [5, 5.41) is 7.32. The maximum absolute atomic E-state index is 5.39. The molecule has 2 rings (SSSR count). The van der Waals surface area contributed by atoms with Gasteiger partial charge in [-0.3, -0.25) is 0 Å². The highest BCUT2D eigenvalue weighted by Crippen LogP contribution is 2.27. The molecule has 0 bridgehead atoms. The van der Waals surface area contributed by atoms with E-state index in [-0.39, 0.29) is 18.2 Å². The molecule has 6 nitrogen and oxygen atoms in total. The first kappa shape index (κ1) is 13.5. The Labute approximate surface area is 107 Å². The number of methoxy groups -OCH3 is 2. The van der Waals surface area contributed by atoms with Crippen LogP contribution >= 0.6 is 0 Å². The van der Waals surface area contributed by atoms with E-state index in [1.54, 1.807) is 14.2 Å². The Kier molecular flexibility index (Phi) is 4.31. The minimum atomic E-state index is -0.123. The van der Waals surface area contributed by atoms with Crippen molar-refractivity contribution in [2.45, 2.75) is 38.5 Å². The van der Waals surface area contributed by atoms with Gasteiger partial charge in [-0.05, 0) is 12.3 Å². The Morgan fingerprint density at radius 2 is 2.17 bits per heavy atom. The highest BCUT2D eigenvalue weighted by molar-refractivity contribution is 5.00. The molecule has 1 aliphatic rings. The molecule has 1 saturated heterocycles. The molecule has 0 spiro atoms. The minimum Gasteiger partial charge on any atom is -0.380 e. The van der Waals surface area contributed by atoms with Crippen molar-refractivity contribution in [3.63, 3.8) is 0 Å². The van der Waals surface area contributed by atoms with E-state index in [1.165, 1.54) is 0 Å². The van der Waals surface area contributed by atoms with Gasteiger partial charge in [0.2, 0.25) is 11.7 Å². The summed E-state index contributed by atoms with van der Waals surface area (Å²) in [5.74, 6) is 1.54. The first-order valence-corrected chi connectivity index (χ1v) is 6.28. The van der Waals surface area contributed by atoms with Crippen molar-refractivity contribution >= 4 is 0 Å². The average molecular weight is 255 g/mol. The molecule has 0 aromatic carbocycles. The quantitative estimate of drug-likeness (QED) is 0.859. The second-order valence-corrected chi connectivity index (χ2v) is 4.95. The Bertz CT molecular complexity index is 380. The molecule has 0 amide bonds. The van der Waals surface area contributed by atoms with E-state index in [1.807, 2.05) is 0 Å². The zero-order chi connectivity index (χ0) is 13.1. The van der Waals surface area contributed by atoms with E-state index in [9.17, 15) is 0 Å². The fourth-order valence-corrected chi connectivity index (χ4v) is 2.25. The largest absolute Gasteiger partial charge is 0.380 e. The van der Waals surface area contributed by atoms with E-state index in [0.29, 0.717) is 17.6 Å². The highest BCUT2D eigenvalue weighted by Gasteiger charge is 2.30. The van der Waals surface area contributed by atoms with Gasteiger partial charge in [0.25, 0.3) is 0 Å². The number of ether oxygens (including phenoxy) is 2. The third kappa shape index (κ3) is 2.71. The summed E-state index contributed by atoms with van der Waals surface area (Å²) in [7, 11) is 3.38. The molecule has 18 heavy (non-hydrogen) atoms. The van der Waals surface area contributed by atoms with Crippen molar-refractivity contribution < 1.29 is 14.0 Å². The molecular weight excluding hydrogens is 234 g/mol. The molecule has 1 aliphatic heterocycles. The van der Waals surface area contributed by atoms with Crippen molar-refractivity contribution in [3.05, 3.63) is 11.7 Å². The molecule has 1 N–H and O–H groups in total. The number of hydrogen-bond acceptors (Lipinski definition) is 6. The second kappa shape index (κ2) is 5.77. The highest BCUT2D eigenvalue weighted by atomic mass is 16.5. The first-order chi connectivity index (χ1) is 8.65. The third-order valence-electron chi connectivity index (χ3n) is 3.29. The van der Waals surface area contributed by atoms with Crippen LogP contribution in [0.25, 0.3) is 0 Å². The summed E-state index contributed by atoms with van der Waals surface area (Å²) in [6.45, 7) is 4.95. The Morgan fingerprint density at radius 1 is 1.39 bits per heavy atom. The summed E-state index contributed by atoms with van der Waals surface area (Å²) in [5.41, 5.74) is 0. The molecule has 0 saturated carbocycles. The van der Waals surface area contributed by atoms with Crippen molar-refractivity contribution in [2.24, 2.45) is 5.92 Å². The van der Waals surface area contributed by atoms with Gasteiger partial charge in [-0.2, -0.15) is 4.98 Å². The summed E-state index contributed by atoms with van der Waals surface area (Å²) in [6, 6.07) is 0.0841. The van der Waals surface area contributed by atoms with E-state index >= 15 is 0 Å². The Balaban J connectivity index is 2.06. The molecular formula is C12H21N3O3. The number of aromatic nitrogens is 2.